The van der Waals surface area contributed by atoms with Crippen LogP contribution in [0.15, 0.2) is 51.1 Å². The molecule has 4 rings (SSSR count). The van der Waals surface area contributed by atoms with Gasteiger partial charge in [0.15, 0.2) is 5.75 Å². The third-order valence-electron chi connectivity index (χ3n) is 4.21. The number of nitrogens with zero attached hydrogens (tertiary/aromatic N) is 2. The fraction of sp³-hybridized carbons (Fsp3) is 0.353. The Bertz CT molecular complexity index is 721. The maximum absolute atomic E-state index is 6.18. The van der Waals surface area contributed by atoms with Crippen LogP contribution >= 0.6 is 31.9 Å². The first-order chi connectivity index (χ1) is 11.2. The van der Waals surface area contributed by atoms with Gasteiger partial charge in [-0.2, -0.15) is 0 Å². The van der Waals surface area contributed by atoms with Crippen LogP contribution in [-0.4, -0.2) is 41.7 Å². The number of allylic oxidation sites excluding steroid dienone is 2. The summed E-state index contributed by atoms with van der Waals surface area (Å²) in [4.78, 5) is 7.68. The Labute approximate surface area is 152 Å². The quantitative estimate of drug-likeness (QED) is 0.626. The molecule has 0 aromatic heterocycles. The molecule has 120 valence electrons. The van der Waals surface area contributed by atoms with Gasteiger partial charge in [-0.1, -0.05) is 37.9 Å². The molecule has 1 N–H and O–H groups in total. The Morgan fingerprint density at radius 2 is 2.09 bits per heavy atom. The minimum absolute atomic E-state index is 0.325. The fourth-order valence-corrected chi connectivity index (χ4v) is 3.88. The van der Waals surface area contributed by atoms with Crippen molar-refractivity contribution >= 4 is 43.4 Å². The van der Waals surface area contributed by atoms with Gasteiger partial charge in [-0.15, -0.1) is 0 Å². The fourth-order valence-electron chi connectivity index (χ4n) is 3.06. The van der Waals surface area contributed by atoms with Crippen LogP contribution in [-0.2, 0) is 0 Å². The lowest BCUT2D eigenvalue weighted by atomic mass is 10.0. The lowest BCUT2D eigenvalue weighted by molar-refractivity contribution is 0.355. The van der Waals surface area contributed by atoms with E-state index >= 15 is 0 Å². The molecule has 2 aliphatic heterocycles. The van der Waals surface area contributed by atoms with E-state index in [1.165, 1.54) is 5.57 Å². The smallest absolute Gasteiger partial charge is 0.153 e. The van der Waals surface area contributed by atoms with E-state index in [2.05, 4.69) is 54.2 Å². The Hall–Kier alpha value is -1.11. The van der Waals surface area contributed by atoms with Crippen molar-refractivity contribution in [2.24, 2.45) is 4.99 Å². The number of fused-ring (bicyclic) bond motifs is 1. The van der Waals surface area contributed by atoms with Gasteiger partial charge < -0.3 is 15.0 Å². The zero-order chi connectivity index (χ0) is 15.8. The molecule has 2 heterocycles. The molecule has 0 saturated carbocycles. The van der Waals surface area contributed by atoms with E-state index < -0.39 is 0 Å². The summed E-state index contributed by atoms with van der Waals surface area (Å²) in [5, 5.41) is 3.40. The van der Waals surface area contributed by atoms with Gasteiger partial charge in [-0.05, 0) is 30.7 Å². The number of benzene rings is 1. The number of alkyl halides is 1. The molecular formula is C17H17Br2N3O. The highest BCUT2D eigenvalue weighted by Crippen LogP contribution is 2.38. The highest BCUT2D eigenvalue weighted by atomic mass is 79.9. The number of piperazine rings is 1. The molecule has 0 spiro atoms. The number of hydrogen-bond donors (Lipinski definition) is 1. The van der Waals surface area contributed by atoms with E-state index in [4.69, 9.17) is 9.73 Å². The lowest BCUT2D eigenvalue weighted by Crippen LogP contribution is -2.47. The van der Waals surface area contributed by atoms with Crippen LogP contribution in [0.25, 0.3) is 0 Å². The Kier molecular flexibility index (Phi) is 4.30. The van der Waals surface area contributed by atoms with Gasteiger partial charge in [0, 0.05) is 41.1 Å². The van der Waals surface area contributed by atoms with Crippen LogP contribution in [0.2, 0.25) is 0 Å². The van der Waals surface area contributed by atoms with Crippen molar-refractivity contribution in [3.63, 3.8) is 0 Å². The first-order valence-corrected chi connectivity index (χ1v) is 9.49. The molecule has 0 bridgehead atoms. The molecule has 4 nitrogen and oxygen atoms in total. The van der Waals surface area contributed by atoms with E-state index in [-0.39, 0.29) is 0 Å². The van der Waals surface area contributed by atoms with Crippen molar-refractivity contribution in [3.05, 3.63) is 46.2 Å². The van der Waals surface area contributed by atoms with Gasteiger partial charge in [0.1, 0.15) is 17.3 Å². The van der Waals surface area contributed by atoms with E-state index in [0.29, 0.717) is 4.83 Å². The SMILES string of the molecule is Brc1ccc2c(c1)N=C(N1CCNCC1)C1=C(C=CC(Br)C1)O2. The number of nitrogens with one attached hydrogen (secondary N) is 1. The molecule has 1 aromatic rings. The first-order valence-electron chi connectivity index (χ1n) is 7.78. The monoisotopic (exact) mass is 437 g/mol. The molecule has 3 aliphatic rings. The molecular weight excluding hydrogens is 422 g/mol. The number of ether oxygens (including phenoxy) is 1. The summed E-state index contributed by atoms with van der Waals surface area (Å²) < 4.78 is 7.19. The van der Waals surface area contributed by atoms with Crippen molar-refractivity contribution in [2.75, 3.05) is 26.2 Å². The summed E-state index contributed by atoms with van der Waals surface area (Å²) in [5.74, 6) is 2.77. The summed E-state index contributed by atoms with van der Waals surface area (Å²) in [7, 11) is 0. The van der Waals surface area contributed by atoms with Gasteiger partial charge in [0.2, 0.25) is 0 Å². The van der Waals surface area contributed by atoms with Crippen LogP contribution in [0.3, 0.4) is 0 Å². The summed E-state index contributed by atoms with van der Waals surface area (Å²) >= 11 is 7.24. The van der Waals surface area contributed by atoms with Crippen LogP contribution in [0.1, 0.15) is 6.42 Å². The molecule has 23 heavy (non-hydrogen) atoms. The third kappa shape index (κ3) is 3.12. The predicted octanol–water partition coefficient (Wildman–Crippen LogP) is 3.75. The molecule has 1 aliphatic carbocycles. The highest BCUT2D eigenvalue weighted by Gasteiger charge is 2.28. The summed E-state index contributed by atoms with van der Waals surface area (Å²) in [6.45, 7) is 3.91. The van der Waals surface area contributed by atoms with Crippen LogP contribution in [0, 0.1) is 0 Å². The minimum atomic E-state index is 0.325. The van der Waals surface area contributed by atoms with Crippen molar-refractivity contribution in [2.45, 2.75) is 11.2 Å². The maximum atomic E-state index is 6.18. The third-order valence-corrected chi connectivity index (χ3v) is 5.33. The van der Waals surface area contributed by atoms with Gasteiger partial charge in [-0.25, -0.2) is 4.99 Å². The van der Waals surface area contributed by atoms with Crippen LogP contribution in [0.4, 0.5) is 5.69 Å². The van der Waals surface area contributed by atoms with E-state index in [1.54, 1.807) is 0 Å². The molecule has 0 radical (unpaired) electrons. The number of aliphatic imine (C=N–C) groups is 1. The Balaban J connectivity index is 1.83. The molecule has 1 aromatic carbocycles. The largest absolute Gasteiger partial charge is 0.455 e. The van der Waals surface area contributed by atoms with Crippen molar-refractivity contribution in [3.8, 4) is 5.75 Å². The second-order valence-electron chi connectivity index (χ2n) is 5.81. The van der Waals surface area contributed by atoms with Crippen LogP contribution in [0.5, 0.6) is 5.75 Å². The minimum Gasteiger partial charge on any atom is -0.455 e. The average Bonchev–Trinajstić information content (AvgIpc) is 2.72. The molecule has 1 atom stereocenters. The summed E-state index contributed by atoms with van der Waals surface area (Å²) in [6.07, 6.45) is 5.09. The average molecular weight is 439 g/mol. The number of halogens is 2. The second kappa shape index (κ2) is 6.42. The molecule has 1 unspecified atom stereocenters. The van der Waals surface area contributed by atoms with Gasteiger partial charge in [-0.3, -0.25) is 0 Å². The zero-order valence-corrected chi connectivity index (χ0v) is 15.7. The number of hydrogen-bond acceptors (Lipinski definition) is 4. The predicted molar refractivity (Wildman–Crippen MR) is 99.8 cm³/mol. The molecule has 6 heteroatoms. The van der Waals surface area contributed by atoms with E-state index in [1.807, 2.05) is 18.2 Å². The zero-order valence-electron chi connectivity index (χ0n) is 12.6. The van der Waals surface area contributed by atoms with E-state index in [0.717, 1.165) is 60.1 Å². The normalized spacial score (nSPS) is 23.7. The van der Waals surface area contributed by atoms with Crippen molar-refractivity contribution in [1.82, 2.24) is 10.2 Å². The molecule has 0 amide bonds. The first kappa shape index (κ1) is 15.4. The standard InChI is InChI=1S/C17H17Br2N3O/c18-11-1-3-15-13(9-11)17(22-7-5-20-6-8-22)21-14-10-12(19)2-4-16(14)23-15/h1-4,10-11,20H,5-9H2. The summed E-state index contributed by atoms with van der Waals surface area (Å²) in [5.41, 5.74) is 2.06. The lowest BCUT2D eigenvalue weighted by Gasteiger charge is -2.32. The summed E-state index contributed by atoms with van der Waals surface area (Å²) in [6, 6.07) is 5.98. The van der Waals surface area contributed by atoms with E-state index in [9.17, 15) is 0 Å². The maximum Gasteiger partial charge on any atom is 0.153 e. The topological polar surface area (TPSA) is 36.9 Å². The Morgan fingerprint density at radius 3 is 2.91 bits per heavy atom. The van der Waals surface area contributed by atoms with Crippen molar-refractivity contribution in [1.29, 1.82) is 0 Å². The van der Waals surface area contributed by atoms with Gasteiger partial charge >= 0.3 is 0 Å². The Morgan fingerprint density at radius 1 is 1.26 bits per heavy atom. The number of rotatable bonds is 0. The highest BCUT2D eigenvalue weighted by molar-refractivity contribution is 9.10. The number of amidine groups is 1. The molecule has 1 fully saturated rings. The van der Waals surface area contributed by atoms with Gasteiger partial charge in [0.25, 0.3) is 0 Å². The van der Waals surface area contributed by atoms with Gasteiger partial charge in [0.05, 0.1) is 0 Å². The van der Waals surface area contributed by atoms with Crippen molar-refractivity contribution < 1.29 is 4.74 Å². The second-order valence-corrected chi connectivity index (χ2v) is 7.90. The molecule has 1 saturated heterocycles. The van der Waals surface area contributed by atoms with Crippen LogP contribution < -0.4 is 10.1 Å².